The van der Waals surface area contributed by atoms with E-state index >= 15 is 0 Å². The number of hydrogen-bond donors (Lipinski definition) is 1. The van der Waals surface area contributed by atoms with Gasteiger partial charge in [-0.2, -0.15) is 5.26 Å². The molecule has 0 aliphatic heterocycles. The fraction of sp³-hybridized carbons (Fsp3) is 0.200. The zero-order valence-electron chi connectivity index (χ0n) is 7.95. The summed E-state index contributed by atoms with van der Waals surface area (Å²) in [6, 6.07) is 3.85. The monoisotopic (exact) mass is 209 g/mol. The Morgan fingerprint density at radius 3 is 2.80 bits per heavy atom. The van der Waals surface area contributed by atoms with Gasteiger partial charge in [-0.15, -0.1) is 0 Å². The summed E-state index contributed by atoms with van der Waals surface area (Å²) in [6.45, 7) is -0.623. The normalized spacial score (nSPS) is 9.47. The van der Waals surface area contributed by atoms with E-state index in [4.69, 9.17) is 10.4 Å². The van der Waals surface area contributed by atoms with Gasteiger partial charge in [0.25, 0.3) is 0 Å². The number of rotatable bonds is 2. The number of methoxy groups -OCH3 is 1. The first-order chi connectivity index (χ1) is 7.13. The lowest BCUT2D eigenvalue weighted by Crippen LogP contribution is -2.08. The van der Waals surface area contributed by atoms with Gasteiger partial charge in [0.1, 0.15) is 5.82 Å². The van der Waals surface area contributed by atoms with Crippen LogP contribution in [0.2, 0.25) is 0 Å². The van der Waals surface area contributed by atoms with Crippen LogP contribution in [0.25, 0.3) is 0 Å². The molecule has 1 aromatic carbocycles. The van der Waals surface area contributed by atoms with Gasteiger partial charge in [0.15, 0.2) is 0 Å². The van der Waals surface area contributed by atoms with Crippen LogP contribution in [-0.4, -0.2) is 18.2 Å². The van der Waals surface area contributed by atoms with Crippen molar-refractivity contribution in [2.75, 3.05) is 7.11 Å². The molecular weight excluding hydrogens is 201 g/mol. The minimum atomic E-state index is -0.794. The molecule has 0 aromatic heterocycles. The van der Waals surface area contributed by atoms with Gasteiger partial charge in [-0.05, 0) is 12.1 Å². The van der Waals surface area contributed by atoms with E-state index in [1.54, 1.807) is 6.07 Å². The van der Waals surface area contributed by atoms with Crippen molar-refractivity contribution in [2.45, 2.75) is 6.61 Å². The fourth-order valence-electron chi connectivity index (χ4n) is 1.15. The fourth-order valence-corrected chi connectivity index (χ4v) is 1.15. The number of aliphatic hydroxyl groups is 1. The molecule has 0 aliphatic rings. The molecule has 78 valence electrons. The van der Waals surface area contributed by atoms with Crippen molar-refractivity contribution >= 4 is 5.97 Å². The topological polar surface area (TPSA) is 70.3 Å². The van der Waals surface area contributed by atoms with Crippen LogP contribution in [0.15, 0.2) is 12.1 Å². The first-order valence-electron chi connectivity index (χ1n) is 4.05. The lowest BCUT2D eigenvalue weighted by Gasteiger charge is -2.06. The first kappa shape index (κ1) is 11.1. The standard InChI is InChI=1S/C10H8FNO3/c1-15-10(14)7-2-6(4-12)3-9(11)8(7)5-13/h2-3,13H,5H2,1H3. The number of nitriles is 1. The highest BCUT2D eigenvalue weighted by atomic mass is 19.1. The summed E-state index contributed by atoms with van der Waals surface area (Å²) < 4.78 is 17.7. The zero-order chi connectivity index (χ0) is 11.4. The van der Waals surface area contributed by atoms with Crippen molar-refractivity contribution in [1.29, 1.82) is 5.26 Å². The second-order valence-electron chi connectivity index (χ2n) is 2.75. The number of ether oxygens (including phenoxy) is 1. The Morgan fingerprint density at radius 1 is 1.67 bits per heavy atom. The highest BCUT2D eigenvalue weighted by Gasteiger charge is 2.16. The van der Waals surface area contributed by atoms with Gasteiger partial charge in [-0.25, -0.2) is 9.18 Å². The number of nitrogens with zero attached hydrogens (tertiary/aromatic N) is 1. The van der Waals surface area contributed by atoms with E-state index < -0.39 is 18.4 Å². The number of halogens is 1. The van der Waals surface area contributed by atoms with E-state index in [-0.39, 0.29) is 16.7 Å². The van der Waals surface area contributed by atoms with Crippen LogP contribution in [-0.2, 0) is 11.3 Å². The highest BCUT2D eigenvalue weighted by molar-refractivity contribution is 5.91. The second-order valence-corrected chi connectivity index (χ2v) is 2.75. The molecule has 0 fully saturated rings. The Kier molecular flexibility index (Phi) is 3.37. The van der Waals surface area contributed by atoms with E-state index in [0.717, 1.165) is 13.2 Å². The summed E-state index contributed by atoms with van der Waals surface area (Å²) in [4.78, 5) is 11.2. The Hall–Kier alpha value is -1.93. The summed E-state index contributed by atoms with van der Waals surface area (Å²) in [5, 5.41) is 17.4. The van der Waals surface area contributed by atoms with Gasteiger partial charge in [0.2, 0.25) is 0 Å². The van der Waals surface area contributed by atoms with Crippen LogP contribution in [0.1, 0.15) is 21.5 Å². The maximum atomic E-state index is 13.3. The molecule has 0 spiro atoms. The summed E-state index contributed by atoms with van der Waals surface area (Å²) in [6.07, 6.45) is 0. The lowest BCUT2D eigenvalue weighted by atomic mass is 10.0. The Bertz CT molecular complexity index is 437. The summed E-state index contributed by atoms with van der Waals surface area (Å²) in [5.41, 5.74) is -0.289. The molecule has 15 heavy (non-hydrogen) atoms. The molecule has 1 N–H and O–H groups in total. The Balaban J connectivity index is 3.40. The Labute approximate surface area is 85.5 Å². The van der Waals surface area contributed by atoms with Crippen LogP contribution < -0.4 is 0 Å². The molecule has 0 radical (unpaired) electrons. The van der Waals surface area contributed by atoms with Crippen LogP contribution >= 0.6 is 0 Å². The van der Waals surface area contributed by atoms with Crippen molar-refractivity contribution in [1.82, 2.24) is 0 Å². The van der Waals surface area contributed by atoms with Crippen LogP contribution in [0.3, 0.4) is 0 Å². The van der Waals surface area contributed by atoms with Crippen LogP contribution in [0, 0.1) is 17.1 Å². The lowest BCUT2D eigenvalue weighted by molar-refractivity contribution is 0.0596. The third-order valence-corrected chi connectivity index (χ3v) is 1.89. The number of hydrogen-bond acceptors (Lipinski definition) is 4. The van der Waals surface area contributed by atoms with E-state index in [9.17, 15) is 9.18 Å². The molecule has 1 aromatic rings. The van der Waals surface area contributed by atoms with E-state index in [1.165, 1.54) is 6.07 Å². The van der Waals surface area contributed by atoms with Crippen molar-refractivity contribution in [2.24, 2.45) is 0 Å². The van der Waals surface area contributed by atoms with Gasteiger partial charge in [0.05, 0.1) is 30.9 Å². The minimum absolute atomic E-state index is 0.00472. The van der Waals surface area contributed by atoms with Gasteiger partial charge in [-0.3, -0.25) is 0 Å². The number of carbonyl (C=O) groups is 1. The van der Waals surface area contributed by atoms with Gasteiger partial charge in [-0.1, -0.05) is 0 Å². The number of esters is 1. The zero-order valence-corrected chi connectivity index (χ0v) is 7.95. The molecule has 0 atom stereocenters. The maximum Gasteiger partial charge on any atom is 0.338 e. The van der Waals surface area contributed by atoms with Crippen molar-refractivity contribution < 1.29 is 19.0 Å². The molecule has 4 nitrogen and oxygen atoms in total. The van der Waals surface area contributed by atoms with Crippen molar-refractivity contribution in [3.05, 3.63) is 34.6 Å². The van der Waals surface area contributed by atoms with E-state index in [2.05, 4.69) is 4.74 Å². The summed E-state index contributed by atoms with van der Waals surface area (Å²) in [5.74, 6) is -1.58. The van der Waals surface area contributed by atoms with Crippen molar-refractivity contribution in [3.8, 4) is 6.07 Å². The molecule has 0 unspecified atom stereocenters. The molecule has 0 heterocycles. The SMILES string of the molecule is COC(=O)c1cc(C#N)cc(F)c1CO. The van der Waals surface area contributed by atoms with E-state index in [1.807, 2.05) is 0 Å². The third kappa shape index (κ3) is 2.11. The van der Waals surface area contributed by atoms with Gasteiger partial charge in [0, 0.05) is 5.56 Å². The largest absolute Gasteiger partial charge is 0.465 e. The quantitative estimate of drug-likeness (QED) is 0.737. The molecule has 0 amide bonds. The molecule has 0 aliphatic carbocycles. The molecule has 5 heteroatoms. The molecule has 0 bridgehead atoms. The smallest absolute Gasteiger partial charge is 0.338 e. The number of benzene rings is 1. The molecule has 1 rings (SSSR count). The second kappa shape index (κ2) is 4.53. The first-order valence-corrected chi connectivity index (χ1v) is 4.05. The van der Waals surface area contributed by atoms with Crippen LogP contribution in [0.5, 0.6) is 0 Å². The Morgan fingerprint density at radius 2 is 2.33 bits per heavy atom. The third-order valence-electron chi connectivity index (χ3n) is 1.89. The van der Waals surface area contributed by atoms with Crippen LogP contribution in [0.4, 0.5) is 4.39 Å². The van der Waals surface area contributed by atoms with Gasteiger partial charge < -0.3 is 9.84 Å². The van der Waals surface area contributed by atoms with Gasteiger partial charge >= 0.3 is 5.97 Å². The maximum absolute atomic E-state index is 13.3. The molecule has 0 saturated heterocycles. The molecule has 0 saturated carbocycles. The number of carbonyl (C=O) groups excluding carboxylic acids is 1. The predicted molar refractivity (Wildman–Crippen MR) is 48.4 cm³/mol. The molecular formula is C10H8FNO3. The average molecular weight is 209 g/mol. The average Bonchev–Trinajstić information content (AvgIpc) is 2.26. The summed E-state index contributed by atoms with van der Waals surface area (Å²) in [7, 11) is 1.14. The number of aliphatic hydroxyl groups excluding tert-OH is 1. The van der Waals surface area contributed by atoms with Crippen molar-refractivity contribution in [3.63, 3.8) is 0 Å². The highest BCUT2D eigenvalue weighted by Crippen LogP contribution is 2.17. The predicted octanol–water partition coefficient (Wildman–Crippen LogP) is 0.976. The summed E-state index contributed by atoms with van der Waals surface area (Å²) >= 11 is 0. The van der Waals surface area contributed by atoms with E-state index in [0.29, 0.717) is 0 Å². The minimum Gasteiger partial charge on any atom is -0.465 e.